The zero-order valence-electron chi connectivity index (χ0n) is 13.8. The molecule has 0 radical (unpaired) electrons. The number of aryl methyl sites for hydroxylation is 2. The molecule has 0 bridgehead atoms. The Labute approximate surface area is 148 Å². The lowest BCUT2D eigenvalue weighted by molar-refractivity contribution is 0.0452. The van der Waals surface area contributed by atoms with Gasteiger partial charge in [-0.2, -0.15) is 0 Å². The van der Waals surface area contributed by atoms with E-state index >= 15 is 0 Å². The first kappa shape index (κ1) is 18.9. The highest BCUT2D eigenvalue weighted by Crippen LogP contribution is 2.23. The molecule has 0 spiro atoms. The van der Waals surface area contributed by atoms with E-state index < -0.39 is 18.9 Å². The summed E-state index contributed by atoms with van der Waals surface area (Å²) in [7, 11) is 0. The van der Waals surface area contributed by atoms with Gasteiger partial charge in [-0.1, -0.05) is 13.8 Å². The van der Waals surface area contributed by atoms with Gasteiger partial charge in [-0.25, -0.2) is 19.2 Å². The molecule has 1 aromatic heterocycles. The Morgan fingerprint density at radius 1 is 1.38 bits per heavy atom. The van der Waals surface area contributed by atoms with Crippen molar-refractivity contribution >= 4 is 27.8 Å². The Hall–Kier alpha value is -1.48. The molecule has 0 aliphatic carbocycles. The number of rotatable bonds is 7. The fourth-order valence-corrected chi connectivity index (χ4v) is 3.26. The first-order chi connectivity index (χ1) is 11.5. The van der Waals surface area contributed by atoms with Crippen LogP contribution in [0.25, 0.3) is 0 Å². The molecule has 0 aromatic carbocycles. The topological polar surface area (TPSA) is 87.6 Å². The number of hydrogen-bond acceptors (Lipinski definition) is 5. The summed E-state index contributed by atoms with van der Waals surface area (Å²) in [6, 6.07) is -0.293. The van der Waals surface area contributed by atoms with Crippen LogP contribution in [0.3, 0.4) is 0 Å². The van der Waals surface area contributed by atoms with Crippen molar-refractivity contribution in [3.8, 4) is 0 Å². The quantitative estimate of drug-likeness (QED) is 0.725. The van der Waals surface area contributed by atoms with Gasteiger partial charge in [0.05, 0.1) is 36.7 Å². The van der Waals surface area contributed by atoms with Gasteiger partial charge in [0.1, 0.15) is 17.1 Å². The molecule has 1 aromatic rings. The van der Waals surface area contributed by atoms with Crippen LogP contribution >= 0.6 is 15.9 Å². The molecule has 2 rings (SSSR count). The van der Waals surface area contributed by atoms with Crippen molar-refractivity contribution in [1.29, 1.82) is 0 Å². The highest BCUT2D eigenvalue weighted by atomic mass is 79.9. The fraction of sp³-hybridized carbons (Fsp3) is 0.667. The summed E-state index contributed by atoms with van der Waals surface area (Å²) in [5, 5.41) is 12.5. The van der Waals surface area contributed by atoms with Crippen LogP contribution in [0.15, 0.2) is 4.60 Å². The first-order valence-electron chi connectivity index (χ1n) is 7.97. The Balaban J connectivity index is 2.21. The van der Waals surface area contributed by atoms with Crippen LogP contribution in [-0.4, -0.2) is 64.6 Å². The first-order valence-corrected chi connectivity index (χ1v) is 8.76. The van der Waals surface area contributed by atoms with Gasteiger partial charge in [-0.15, -0.1) is 0 Å². The monoisotopic (exact) mass is 404 g/mol. The van der Waals surface area contributed by atoms with Crippen LogP contribution in [0.5, 0.6) is 0 Å². The van der Waals surface area contributed by atoms with E-state index in [2.05, 4.69) is 31.2 Å². The van der Waals surface area contributed by atoms with Crippen molar-refractivity contribution < 1.29 is 19.0 Å². The number of anilines is 1. The molecule has 1 aliphatic rings. The van der Waals surface area contributed by atoms with Crippen molar-refractivity contribution in [3.63, 3.8) is 0 Å². The van der Waals surface area contributed by atoms with Gasteiger partial charge in [-0.05, 0) is 28.8 Å². The number of halogens is 2. The van der Waals surface area contributed by atoms with Crippen LogP contribution in [0.1, 0.15) is 25.2 Å². The Kier molecular flexibility index (Phi) is 6.73. The van der Waals surface area contributed by atoms with Gasteiger partial charge in [0.25, 0.3) is 0 Å². The third-order valence-electron chi connectivity index (χ3n) is 3.93. The number of carbonyl (C=O) groups is 1. The maximum absolute atomic E-state index is 12.4. The second-order valence-corrected chi connectivity index (χ2v) is 6.25. The summed E-state index contributed by atoms with van der Waals surface area (Å²) >= 11 is 3.42. The Morgan fingerprint density at radius 3 is 2.67 bits per heavy atom. The fourth-order valence-electron chi connectivity index (χ4n) is 2.68. The molecule has 24 heavy (non-hydrogen) atoms. The third-order valence-corrected chi connectivity index (χ3v) is 4.56. The third kappa shape index (κ3) is 4.32. The molecule has 7 nitrogen and oxygen atoms in total. The van der Waals surface area contributed by atoms with Gasteiger partial charge < -0.3 is 20.1 Å². The van der Waals surface area contributed by atoms with E-state index in [0.29, 0.717) is 12.2 Å². The molecule has 1 aliphatic heterocycles. The molecule has 1 fully saturated rings. The Morgan fingerprint density at radius 2 is 2.08 bits per heavy atom. The summed E-state index contributed by atoms with van der Waals surface area (Å²) in [5.74, 6) is 0.628. The van der Waals surface area contributed by atoms with Crippen molar-refractivity contribution in [3.05, 3.63) is 16.0 Å². The summed E-state index contributed by atoms with van der Waals surface area (Å²) in [6.07, 6.45) is -0.0273. The number of likely N-dealkylation sites (tertiary alicyclic amines) is 1. The second kappa shape index (κ2) is 8.57. The van der Waals surface area contributed by atoms with E-state index in [1.165, 1.54) is 4.90 Å². The number of aromatic nitrogens is 2. The average Bonchev–Trinajstić information content (AvgIpc) is 2.97. The van der Waals surface area contributed by atoms with Crippen LogP contribution in [0, 0.1) is 0 Å². The van der Waals surface area contributed by atoms with Gasteiger partial charge in [0.2, 0.25) is 0 Å². The number of carboxylic acid groups (broad SMARTS) is 1. The molecule has 2 atom stereocenters. The summed E-state index contributed by atoms with van der Waals surface area (Å²) < 4.78 is 18.6. The zero-order valence-corrected chi connectivity index (χ0v) is 15.3. The van der Waals surface area contributed by atoms with Gasteiger partial charge in [0, 0.05) is 6.54 Å². The molecular formula is C15H22BrFN4O3. The smallest absolute Gasteiger partial charge is 0.407 e. The normalized spacial score (nSPS) is 20.4. The highest BCUT2D eigenvalue weighted by molar-refractivity contribution is 9.10. The maximum Gasteiger partial charge on any atom is 0.407 e. The predicted molar refractivity (Wildman–Crippen MR) is 91.2 cm³/mol. The largest absolute Gasteiger partial charge is 0.465 e. The minimum absolute atomic E-state index is 0.0524. The van der Waals surface area contributed by atoms with Crippen molar-refractivity contribution in [2.24, 2.45) is 0 Å². The standard InChI is InChI=1S/C15H22BrFN4O3/c1-3-9-13(16)18-10(4-2)14(19-9)20-11-7-21(15(22)23)8-12(11)24-6-5-17/h11-12H,3-8H2,1-2H3,(H,19,20)(H,22,23)/t11-,12+/m1/s1. The summed E-state index contributed by atoms with van der Waals surface area (Å²) in [6.45, 7) is 3.77. The molecular weight excluding hydrogens is 383 g/mol. The molecule has 1 saturated heterocycles. The maximum atomic E-state index is 12.4. The number of hydrogen-bond donors (Lipinski definition) is 2. The lowest BCUT2D eigenvalue weighted by atomic mass is 10.2. The van der Waals surface area contributed by atoms with Gasteiger partial charge in [-0.3, -0.25) is 0 Å². The predicted octanol–water partition coefficient (Wildman–Crippen LogP) is 2.49. The van der Waals surface area contributed by atoms with E-state index in [9.17, 15) is 14.3 Å². The molecule has 0 saturated carbocycles. The van der Waals surface area contributed by atoms with E-state index in [-0.39, 0.29) is 25.7 Å². The van der Waals surface area contributed by atoms with Crippen molar-refractivity contribution in [1.82, 2.24) is 14.9 Å². The minimum Gasteiger partial charge on any atom is -0.465 e. The van der Waals surface area contributed by atoms with E-state index in [4.69, 9.17) is 4.74 Å². The Bertz CT molecular complexity index is 590. The SMILES string of the molecule is CCc1nc(N[C@@H]2CN(C(=O)O)C[C@@H]2OCCF)c(CC)nc1Br. The number of amides is 1. The van der Waals surface area contributed by atoms with Gasteiger partial charge >= 0.3 is 6.09 Å². The highest BCUT2D eigenvalue weighted by Gasteiger charge is 2.36. The van der Waals surface area contributed by atoms with Crippen LogP contribution in [0.2, 0.25) is 0 Å². The molecule has 2 heterocycles. The number of nitrogens with one attached hydrogen (secondary N) is 1. The van der Waals surface area contributed by atoms with Gasteiger partial charge in [0.15, 0.2) is 0 Å². The summed E-state index contributed by atoms with van der Waals surface area (Å²) in [4.78, 5) is 21.6. The van der Waals surface area contributed by atoms with E-state index in [0.717, 1.165) is 22.4 Å². The van der Waals surface area contributed by atoms with Crippen LogP contribution in [0.4, 0.5) is 15.0 Å². The molecule has 134 valence electrons. The molecule has 1 amide bonds. The second-order valence-electron chi connectivity index (χ2n) is 5.50. The molecule has 9 heteroatoms. The summed E-state index contributed by atoms with van der Waals surface area (Å²) in [5.41, 5.74) is 1.61. The van der Waals surface area contributed by atoms with Crippen molar-refractivity contribution in [2.75, 3.05) is 31.7 Å². The van der Waals surface area contributed by atoms with Crippen LogP contribution in [-0.2, 0) is 17.6 Å². The molecule has 0 unspecified atom stereocenters. The number of ether oxygens (including phenoxy) is 1. The van der Waals surface area contributed by atoms with Crippen LogP contribution < -0.4 is 5.32 Å². The number of nitrogens with zero attached hydrogens (tertiary/aromatic N) is 3. The zero-order chi connectivity index (χ0) is 17.7. The van der Waals surface area contributed by atoms with Crippen molar-refractivity contribution in [2.45, 2.75) is 38.8 Å². The van der Waals surface area contributed by atoms with E-state index in [1.807, 2.05) is 13.8 Å². The minimum atomic E-state index is -1.01. The lowest BCUT2D eigenvalue weighted by Crippen LogP contribution is -2.35. The molecule has 2 N–H and O–H groups in total. The lowest BCUT2D eigenvalue weighted by Gasteiger charge is -2.21. The number of alkyl halides is 1. The van der Waals surface area contributed by atoms with E-state index in [1.54, 1.807) is 0 Å². The average molecular weight is 405 g/mol.